The van der Waals surface area contributed by atoms with Gasteiger partial charge in [0, 0.05) is 25.9 Å². The number of urea groups is 1. The van der Waals surface area contributed by atoms with Crippen LogP contribution in [0.3, 0.4) is 0 Å². The van der Waals surface area contributed by atoms with Gasteiger partial charge in [0.2, 0.25) is 0 Å². The molecule has 1 aromatic heterocycles. The Morgan fingerprint density at radius 1 is 1.35 bits per heavy atom. The number of hydrogen-bond donors (Lipinski definition) is 0. The molecule has 0 radical (unpaired) electrons. The molecule has 1 fully saturated rings. The van der Waals surface area contributed by atoms with Crippen molar-refractivity contribution in [3.63, 3.8) is 0 Å². The van der Waals surface area contributed by atoms with Gasteiger partial charge in [-0.05, 0) is 25.8 Å². The summed E-state index contributed by atoms with van der Waals surface area (Å²) in [7, 11) is 0. The van der Waals surface area contributed by atoms with Crippen LogP contribution in [0.5, 0.6) is 0 Å². The van der Waals surface area contributed by atoms with Crippen LogP contribution >= 0.6 is 0 Å². The van der Waals surface area contributed by atoms with Crippen LogP contribution in [-0.4, -0.2) is 58.0 Å². The van der Waals surface area contributed by atoms with Gasteiger partial charge in [0.1, 0.15) is 0 Å². The van der Waals surface area contributed by atoms with E-state index in [0.29, 0.717) is 19.7 Å². The molecule has 1 unspecified atom stereocenters. The molecule has 3 rings (SSSR count). The van der Waals surface area contributed by atoms with Gasteiger partial charge in [-0.1, -0.05) is 0 Å². The molecule has 1 atom stereocenters. The second kappa shape index (κ2) is 5.83. The predicted octanol–water partition coefficient (Wildman–Crippen LogP) is 1.32. The van der Waals surface area contributed by atoms with Gasteiger partial charge in [-0.2, -0.15) is 5.10 Å². The van der Waals surface area contributed by atoms with Crippen LogP contribution < -0.4 is 0 Å². The molecule has 0 bridgehead atoms. The number of nitrogens with zero attached hydrogens (tertiary/aromatic N) is 4. The average molecular weight is 278 g/mol. The van der Waals surface area contributed by atoms with E-state index in [-0.39, 0.29) is 12.1 Å². The molecule has 2 aliphatic heterocycles. The first-order valence-electron chi connectivity index (χ1n) is 7.44. The fourth-order valence-corrected chi connectivity index (χ4v) is 3.01. The second-order valence-corrected chi connectivity index (χ2v) is 5.44. The molecule has 0 aliphatic carbocycles. The number of hydrogen-bond acceptors (Lipinski definition) is 3. The van der Waals surface area contributed by atoms with E-state index in [1.165, 1.54) is 0 Å². The predicted molar refractivity (Wildman–Crippen MR) is 74.3 cm³/mol. The summed E-state index contributed by atoms with van der Waals surface area (Å²) in [5.74, 6) is 0. The Balaban J connectivity index is 1.77. The Hall–Kier alpha value is -1.56. The summed E-state index contributed by atoms with van der Waals surface area (Å²) >= 11 is 0. The van der Waals surface area contributed by atoms with E-state index >= 15 is 0 Å². The highest BCUT2D eigenvalue weighted by atomic mass is 16.5. The summed E-state index contributed by atoms with van der Waals surface area (Å²) in [5, 5.41) is 4.33. The zero-order chi connectivity index (χ0) is 13.9. The molecule has 2 amide bonds. The van der Waals surface area contributed by atoms with Crippen LogP contribution in [0.15, 0.2) is 12.3 Å². The number of rotatable bonds is 2. The molecule has 110 valence electrons. The lowest BCUT2D eigenvalue weighted by atomic mass is 10.3. The first-order valence-corrected chi connectivity index (χ1v) is 7.44. The lowest BCUT2D eigenvalue weighted by Crippen LogP contribution is -2.44. The van der Waals surface area contributed by atoms with E-state index in [0.717, 1.165) is 38.2 Å². The van der Waals surface area contributed by atoms with Crippen molar-refractivity contribution in [3.05, 3.63) is 18.0 Å². The first kappa shape index (κ1) is 13.4. The van der Waals surface area contributed by atoms with Crippen molar-refractivity contribution in [1.29, 1.82) is 0 Å². The molecular weight excluding hydrogens is 256 g/mol. The van der Waals surface area contributed by atoms with Crippen LogP contribution in [0.4, 0.5) is 4.79 Å². The number of carbonyl (C=O) groups excluding carboxylic acids is 1. The van der Waals surface area contributed by atoms with Crippen molar-refractivity contribution in [3.8, 4) is 0 Å². The van der Waals surface area contributed by atoms with Gasteiger partial charge in [-0.15, -0.1) is 0 Å². The molecular formula is C14H22N4O2. The Kier molecular flexibility index (Phi) is 3.91. The summed E-state index contributed by atoms with van der Waals surface area (Å²) in [6, 6.07) is 2.13. The topological polar surface area (TPSA) is 50.6 Å². The van der Waals surface area contributed by atoms with Crippen LogP contribution in [0, 0.1) is 0 Å². The van der Waals surface area contributed by atoms with Crippen molar-refractivity contribution in [2.75, 3.05) is 26.2 Å². The van der Waals surface area contributed by atoms with Crippen molar-refractivity contribution >= 4 is 6.03 Å². The summed E-state index contributed by atoms with van der Waals surface area (Å²) < 4.78 is 7.71. The maximum atomic E-state index is 12.6. The molecule has 1 aromatic rings. The van der Waals surface area contributed by atoms with Crippen molar-refractivity contribution in [2.45, 2.75) is 39.0 Å². The zero-order valence-corrected chi connectivity index (χ0v) is 12.0. The third kappa shape index (κ3) is 2.65. The van der Waals surface area contributed by atoms with Gasteiger partial charge in [0.15, 0.2) is 0 Å². The minimum Gasteiger partial charge on any atom is -0.375 e. The van der Waals surface area contributed by atoms with Crippen LogP contribution in [0.1, 0.15) is 25.5 Å². The fraction of sp³-hybridized carbons (Fsp3) is 0.714. The zero-order valence-electron chi connectivity index (χ0n) is 12.0. The van der Waals surface area contributed by atoms with Gasteiger partial charge in [-0.25, -0.2) is 4.79 Å². The average Bonchev–Trinajstić information content (AvgIpc) is 3.07. The summed E-state index contributed by atoms with van der Waals surface area (Å²) in [6.45, 7) is 6.40. The number of fused-ring (bicyclic) bond motifs is 1. The maximum absolute atomic E-state index is 12.6. The second-order valence-electron chi connectivity index (χ2n) is 5.44. The van der Waals surface area contributed by atoms with Crippen LogP contribution in [0.2, 0.25) is 0 Å². The van der Waals surface area contributed by atoms with Gasteiger partial charge in [0.05, 0.1) is 31.4 Å². The molecule has 6 heteroatoms. The molecule has 3 heterocycles. The Morgan fingerprint density at radius 2 is 2.15 bits per heavy atom. The standard InChI is InChI=1S/C14H22N4O2/c1-2-20-13-10-17(14(19)16-7-3-4-8-16)9-12-5-6-15-18(12)11-13/h5-6,13H,2-4,7-11H2,1H3. The largest absolute Gasteiger partial charge is 0.375 e. The third-order valence-electron chi connectivity index (χ3n) is 4.01. The molecule has 0 aromatic carbocycles. The van der Waals surface area contributed by atoms with E-state index in [1.54, 1.807) is 6.20 Å². The fourth-order valence-electron chi connectivity index (χ4n) is 3.01. The van der Waals surface area contributed by atoms with E-state index in [4.69, 9.17) is 4.74 Å². The first-order chi connectivity index (χ1) is 9.78. The molecule has 20 heavy (non-hydrogen) atoms. The van der Waals surface area contributed by atoms with E-state index in [9.17, 15) is 4.79 Å². The molecule has 0 N–H and O–H groups in total. The molecule has 2 aliphatic rings. The minimum atomic E-state index is 0.0210. The van der Waals surface area contributed by atoms with Crippen molar-refractivity contribution in [2.24, 2.45) is 0 Å². The van der Waals surface area contributed by atoms with Crippen molar-refractivity contribution in [1.82, 2.24) is 19.6 Å². The Bertz CT molecular complexity index is 467. The highest BCUT2D eigenvalue weighted by Crippen LogP contribution is 2.17. The lowest BCUT2D eigenvalue weighted by molar-refractivity contribution is 0.0306. The number of carbonyl (C=O) groups is 1. The summed E-state index contributed by atoms with van der Waals surface area (Å²) in [6.07, 6.45) is 4.05. The smallest absolute Gasteiger partial charge is 0.320 e. The normalized spacial score (nSPS) is 22.8. The van der Waals surface area contributed by atoms with Crippen molar-refractivity contribution < 1.29 is 9.53 Å². The summed E-state index contributed by atoms with van der Waals surface area (Å²) in [4.78, 5) is 16.5. The summed E-state index contributed by atoms with van der Waals surface area (Å²) in [5.41, 5.74) is 1.08. The Morgan fingerprint density at radius 3 is 2.90 bits per heavy atom. The van der Waals surface area contributed by atoms with Crippen LogP contribution in [0.25, 0.3) is 0 Å². The number of aromatic nitrogens is 2. The molecule has 0 saturated carbocycles. The highest BCUT2D eigenvalue weighted by Gasteiger charge is 2.29. The Labute approximate surface area is 119 Å². The van der Waals surface area contributed by atoms with Gasteiger partial charge < -0.3 is 14.5 Å². The van der Waals surface area contributed by atoms with Gasteiger partial charge in [0.25, 0.3) is 0 Å². The van der Waals surface area contributed by atoms with E-state index in [2.05, 4.69) is 5.10 Å². The van der Waals surface area contributed by atoms with Crippen LogP contribution in [-0.2, 0) is 17.8 Å². The number of amides is 2. The highest BCUT2D eigenvalue weighted by molar-refractivity contribution is 5.74. The number of ether oxygens (including phenoxy) is 1. The quantitative estimate of drug-likeness (QED) is 0.820. The van der Waals surface area contributed by atoms with E-state index < -0.39 is 0 Å². The SMILES string of the molecule is CCOC1CN(C(=O)N2CCCC2)Cc2ccnn2C1. The molecule has 1 saturated heterocycles. The van der Waals surface area contributed by atoms with E-state index in [1.807, 2.05) is 27.5 Å². The molecule has 0 spiro atoms. The van der Waals surface area contributed by atoms with Gasteiger partial charge >= 0.3 is 6.03 Å². The maximum Gasteiger partial charge on any atom is 0.320 e. The molecule has 6 nitrogen and oxygen atoms in total. The number of likely N-dealkylation sites (tertiary alicyclic amines) is 1. The lowest BCUT2D eigenvalue weighted by Gasteiger charge is -2.28. The van der Waals surface area contributed by atoms with Gasteiger partial charge in [-0.3, -0.25) is 4.68 Å². The monoisotopic (exact) mass is 278 g/mol. The minimum absolute atomic E-state index is 0.0210. The third-order valence-corrected chi connectivity index (χ3v) is 4.01.